The fourth-order valence-electron chi connectivity index (χ4n) is 5.88. The summed E-state index contributed by atoms with van der Waals surface area (Å²) in [6.07, 6.45) is 7.57. The second-order valence-corrected chi connectivity index (χ2v) is 11.7. The molecule has 4 aromatic rings. The summed E-state index contributed by atoms with van der Waals surface area (Å²) in [5, 5.41) is 1.02. The van der Waals surface area contributed by atoms with E-state index in [1.165, 1.54) is 0 Å². The van der Waals surface area contributed by atoms with Crippen LogP contribution in [0.5, 0.6) is 5.88 Å². The zero-order chi connectivity index (χ0) is 28.8. The number of nitrogen functional groups attached to an aromatic ring is 1. The monoisotopic (exact) mass is 565 g/mol. The number of anilines is 2. The fraction of sp³-hybridized carbons (Fsp3) is 0.406. The molecule has 2 N–H and O–H groups in total. The first-order valence-corrected chi connectivity index (χ1v) is 14.7. The minimum atomic E-state index is -0.193. The van der Waals surface area contributed by atoms with Crippen LogP contribution in [0.2, 0.25) is 0 Å². The number of aromatic nitrogens is 4. The van der Waals surface area contributed by atoms with Crippen LogP contribution in [0.4, 0.5) is 11.5 Å². The second-order valence-electron chi connectivity index (χ2n) is 11.7. The largest absolute Gasteiger partial charge is 0.474 e. The van der Waals surface area contributed by atoms with Gasteiger partial charge in [0, 0.05) is 48.4 Å². The number of aryl methyl sites for hydroxylation is 1. The van der Waals surface area contributed by atoms with E-state index < -0.39 is 0 Å². The Morgan fingerprint density at radius 2 is 1.81 bits per heavy atom. The lowest BCUT2D eigenvalue weighted by Gasteiger charge is -2.29. The molecule has 1 amide bonds. The molecular formula is C32H35N7O3. The zero-order valence-electron chi connectivity index (χ0n) is 24.0. The molecule has 0 radical (unpaired) electrons. The summed E-state index contributed by atoms with van der Waals surface area (Å²) in [6.45, 7) is 5.25. The van der Waals surface area contributed by atoms with Crippen molar-refractivity contribution in [3.8, 4) is 5.88 Å². The van der Waals surface area contributed by atoms with E-state index in [1.54, 1.807) is 17.3 Å². The molecule has 0 unspecified atom stereocenters. The van der Waals surface area contributed by atoms with E-state index in [-0.39, 0.29) is 12.0 Å². The molecule has 0 bridgehead atoms. The van der Waals surface area contributed by atoms with Gasteiger partial charge in [0.25, 0.3) is 5.91 Å². The molecule has 0 spiro atoms. The lowest BCUT2D eigenvalue weighted by Crippen LogP contribution is -2.36. The summed E-state index contributed by atoms with van der Waals surface area (Å²) in [5.74, 6) is 2.10. The van der Waals surface area contributed by atoms with Crippen LogP contribution in [0.25, 0.3) is 10.9 Å². The third-order valence-corrected chi connectivity index (χ3v) is 8.52. The topological polar surface area (TPSA) is 120 Å². The van der Waals surface area contributed by atoms with Crippen LogP contribution >= 0.6 is 0 Å². The molecule has 10 heteroatoms. The Morgan fingerprint density at radius 1 is 1.05 bits per heavy atom. The molecule has 1 aromatic carbocycles. The molecule has 3 aromatic heterocycles. The predicted octanol–water partition coefficient (Wildman–Crippen LogP) is 4.54. The maximum Gasteiger partial charge on any atom is 0.261 e. The summed E-state index contributed by atoms with van der Waals surface area (Å²) < 4.78 is 11.9. The van der Waals surface area contributed by atoms with E-state index in [4.69, 9.17) is 20.2 Å². The standard InChI is InChI=1S/C32H35N7O3/c1-19-28(7-8-29(36-19)42-23-9-11-38(2)12-10-23)39(32(40)22-14-34-31(35-15-22)21-4-5-21)16-20-3-6-24-25-17-41-18-26(25)30(33)37-27(24)13-20/h3,6-8,13-15,21,23H,4-5,9-12,16-18H2,1-2H3,(H2,33,37). The number of ether oxygens (including phenoxy) is 2. The van der Waals surface area contributed by atoms with E-state index in [0.29, 0.717) is 54.3 Å². The van der Waals surface area contributed by atoms with Gasteiger partial charge in [-0.3, -0.25) is 4.79 Å². The summed E-state index contributed by atoms with van der Waals surface area (Å²) >= 11 is 0. The van der Waals surface area contributed by atoms with Crippen LogP contribution in [0.1, 0.15) is 70.2 Å². The number of piperidine rings is 1. The number of nitrogens with zero attached hydrogens (tertiary/aromatic N) is 6. The summed E-state index contributed by atoms with van der Waals surface area (Å²) in [6, 6.07) is 9.86. The number of fused-ring (bicyclic) bond motifs is 3. The molecule has 1 aliphatic carbocycles. The van der Waals surface area contributed by atoms with Crippen molar-refractivity contribution in [1.29, 1.82) is 0 Å². The first-order valence-electron chi connectivity index (χ1n) is 14.7. The van der Waals surface area contributed by atoms with Crippen LogP contribution in [0, 0.1) is 6.92 Å². The first kappa shape index (κ1) is 26.7. The van der Waals surface area contributed by atoms with Crippen molar-refractivity contribution in [3.05, 3.63) is 76.5 Å². The maximum absolute atomic E-state index is 14.0. The Labute approximate surface area is 244 Å². The highest BCUT2D eigenvalue weighted by molar-refractivity contribution is 6.06. The summed E-state index contributed by atoms with van der Waals surface area (Å²) in [4.78, 5) is 36.5. The Hall–Kier alpha value is -4.15. The van der Waals surface area contributed by atoms with Gasteiger partial charge in [0.05, 0.1) is 42.2 Å². The van der Waals surface area contributed by atoms with Gasteiger partial charge in [-0.15, -0.1) is 0 Å². The average Bonchev–Trinajstić information content (AvgIpc) is 3.73. The summed E-state index contributed by atoms with van der Waals surface area (Å²) in [7, 11) is 2.13. The molecule has 2 fully saturated rings. The smallest absolute Gasteiger partial charge is 0.261 e. The third-order valence-electron chi connectivity index (χ3n) is 8.52. The van der Waals surface area contributed by atoms with Crippen molar-refractivity contribution >= 4 is 28.3 Å². The minimum absolute atomic E-state index is 0.142. The van der Waals surface area contributed by atoms with Crippen LogP contribution in [-0.4, -0.2) is 57.0 Å². The molecule has 42 heavy (non-hydrogen) atoms. The average molecular weight is 566 g/mol. The zero-order valence-corrected chi connectivity index (χ0v) is 24.0. The maximum atomic E-state index is 14.0. The van der Waals surface area contributed by atoms with Gasteiger partial charge in [0.1, 0.15) is 17.7 Å². The van der Waals surface area contributed by atoms with Gasteiger partial charge >= 0.3 is 0 Å². The van der Waals surface area contributed by atoms with Gasteiger partial charge < -0.3 is 25.0 Å². The van der Waals surface area contributed by atoms with Crippen molar-refractivity contribution in [2.24, 2.45) is 0 Å². The highest BCUT2D eigenvalue weighted by Crippen LogP contribution is 2.38. The number of likely N-dealkylation sites (tertiary alicyclic amines) is 1. The van der Waals surface area contributed by atoms with Crippen LogP contribution < -0.4 is 15.4 Å². The molecule has 3 aliphatic rings. The van der Waals surface area contributed by atoms with E-state index >= 15 is 0 Å². The normalized spacial score (nSPS) is 17.4. The van der Waals surface area contributed by atoms with Gasteiger partial charge in [-0.1, -0.05) is 12.1 Å². The molecule has 216 valence electrons. The minimum Gasteiger partial charge on any atom is -0.474 e. The van der Waals surface area contributed by atoms with Crippen molar-refractivity contribution in [2.45, 2.75) is 64.4 Å². The van der Waals surface area contributed by atoms with E-state index in [2.05, 4.69) is 26.9 Å². The van der Waals surface area contributed by atoms with Crippen LogP contribution in [-0.2, 0) is 24.5 Å². The molecule has 5 heterocycles. The molecule has 0 atom stereocenters. The summed E-state index contributed by atoms with van der Waals surface area (Å²) in [5.41, 5.74) is 11.9. The quantitative estimate of drug-likeness (QED) is 0.344. The van der Waals surface area contributed by atoms with Gasteiger partial charge in [-0.25, -0.2) is 19.9 Å². The fourth-order valence-corrected chi connectivity index (χ4v) is 5.88. The Balaban J connectivity index is 1.20. The van der Waals surface area contributed by atoms with Crippen molar-refractivity contribution in [1.82, 2.24) is 24.8 Å². The molecule has 1 saturated heterocycles. The number of carbonyl (C=O) groups excluding carboxylic acids is 1. The number of benzene rings is 1. The van der Waals surface area contributed by atoms with Gasteiger partial charge in [-0.05, 0) is 62.9 Å². The predicted molar refractivity (Wildman–Crippen MR) is 159 cm³/mol. The number of hydrogen-bond acceptors (Lipinski definition) is 9. The Bertz CT molecular complexity index is 1650. The van der Waals surface area contributed by atoms with Gasteiger partial charge in [-0.2, -0.15) is 0 Å². The number of pyridine rings is 2. The number of nitrogens with two attached hydrogens (primary N) is 1. The number of carbonyl (C=O) groups is 1. The molecule has 7 rings (SSSR count). The Kier molecular flexibility index (Phi) is 6.95. The third kappa shape index (κ3) is 5.28. The van der Waals surface area contributed by atoms with Gasteiger partial charge in [0.2, 0.25) is 5.88 Å². The lowest BCUT2D eigenvalue weighted by atomic mass is 10.0. The number of amides is 1. The highest BCUT2D eigenvalue weighted by Gasteiger charge is 2.28. The molecule has 1 saturated carbocycles. The van der Waals surface area contributed by atoms with Crippen molar-refractivity contribution < 1.29 is 14.3 Å². The number of rotatable bonds is 7. The van der Waals surface area contributed by atoms with E-state index in [9.17, 15) is 4.79 Å². The van der Waals surface area contributed by atoms with Crippen LogP contribution in [0.3, 0.4) is 0 Å². The molecule has 10 nitrogen and oxygen atoms in total. The van der Waals surface area contributed by atoms with Gasteiger partial charge in [0.15, 0.2) is 0 Å². The Morgan fingerprint density at radius 3 is 2.55 bits per heavy atom. The highest BCUT2D eigenvalue weighted by atomic mass is 16.5. The van der Waals surface area contributed by atoms with Crippen LogP contribution in [0.15, 0.2) is 42.7 Å². The second kappa shape index (κ2) is 10.9. The van der Waals surface area contributed by atoms with E-state index in [0.717, 1.165) is 72.2 Å². The molecule has 2 aliphatic heterocycles. The SMILES string of the molecule is Cc1nc(OC2CCN(C)CC2)ccc1N(Cc1ccc2c3c(c(N)nc2c1)COC3)C(=O)c1cnc(C2CC2)nc1. The first-order chi connectivity index (χ1) is 20.4. The van der Waals surface area contributed by atoms with Crippen molar-refractivity contribution in [3.63, 3.8) is 0 Å². The van der Waals surface area contributed by atoms with E-state index in [1.807, 2.05) is 37.3 Å². The van der Waals surface area contributed by atoms with Crippen molar-refractivity contribution in [2.75, 3.05) is 30.8 Å². The lowest BCUT2D eigenvalue weighted by molar-refractivity contribution is 0.0983. The molecular weight excluding hydrogens is 530 g/mol. The number of hydrogen-bond donors (Lipinski definition) is 1.